The summed E-state index contributed by atoms with van der Waals surface area (Å²) in [6.45, 7) is 1.76. The molecular weight excluding hydrogens is 192 g/mol. The molecule has 0 fully saturated rings. The maximum absolute atomic E-state index is 10.7. The lowest BCUT2D eigenvalue weighted by atomic mass is 10.1. The van der Waals surface area contributed by atoms with Crippen LogP contribution >= 0.6 is 0 Å². The summed E-state index contributed by atoms with van der Waals surface area (Å²) >= 11 is 0. The molecule has 0 aromatic rings. The van der Waals surface area contributed by atoms with Crippen LogP contribution in [-0.4, -0.2) is 44.9 Å². The van der Waals surface area contributed by atoms with Crippen molar-refractivity contribution < 1.29 is 18.3 Å². The molecule has 0 saturated carbocycles. The molecule has 0 radical (unpaired) electrons. The number of hydrogen-bond donors (Lipinski definition) is 1. The second-order valence-electron chi connectivity index (χ2n) is 3.28. The number of rotatable bonds is 6. The highest BCUT2D eigenvalue weighted by molar-refractivity contribution is 7.90. The molecule has 0 aliphatic rings. The normalized spacial score (nSPS) is 16.9. The Kier molecular flexibility index (Phi) is 5.51. The predicted molar refractivity (Wildman–Crippen MR) is 51.4 cm³/mol. The van der Waals surface area contributed by atoms with E-state index in [1.54, 1.807) is 6.92 Å². The van der Waals surface area contributed by atoms with E-state index >= 15 is 0 Å². The average Bonchev–Trinajstić information content (AvgIpc) is 2.00. The molecule has 13 heavy (non-hydrogen) atoms. The summed E-state index contributed by atoms with van der Waals surface area (Å²) < 4.78 is 26.4. The average molecular weight is 210 g/mol. The van der Waals surface area contributed by atoms with Crippen LogP contribution in [0.25, 0.3) is 0 Å². The molecule has 0 saturated heterocycles. The molecule has 0 spiro atoms. The highest BCUT2D eigenvalue weighted by atomic mass is 32.2. The third-order valence-electron chi connectivity index (χ3n) is 1.93. The topological polar surface area (TPSA) is 63.6 Å². The Labute approximate surface area is 79.8 Å². The van der Waals surface area contributed by atoms with E-state index in [9.17, 15) is 13.5 Å². The lowest BCUT2D eigenvalue weighted by molar-refractivity contribution is -0.00432. The van der Waals surface area contributed by atoms with Crippen molar-refractivity contribution in [2.24, 2.45) is 0 Å². The van der Waals surface area contributed by atoms with Gasteiger partial charge in [0.2, 0.25) is 0 Å². The minimum Gasteiger partial charge on any atom is -0.390 e. The molecule has 0 aromatic heterocycles. The summed E-state index contributed by atoms with van der Waals surface area (Å²) in [5.41, 5.74) is 0. The first kappa shape index (κ1) is 12.9. The number of sulfone groups is 1. The van der Waals surface area contributed by atoms with Crippen molar-refractivity contribution in [1.82, 2.24) is 0 Å². The Morgan fingerprint density at radius 2 is 2.00 bits per heavy atom. The second-order valence-corrected chi connectivity index (χ2v) is 5.54. The van der Waals surface area contributed by atoms with Crippen molar-refractivity contribution in [2.45, 2.75) is 32.0 Å². The number of ether oxygens (including phenoxy) is 1. The van der Waals surface area contributed by atoms with Crippen LogP contribution in [0.4, 0.5) is 0 Å². The van der Waals surface area contributed by atoms with Gasteiger partial charge in [-0.05, 0) is 19.8 Å². The van der Waals surface area contributed by atoms with Gasteiger partial charge in [0.1, 0.15) is 9.84 Å². The molecule has 4 nitrogen and oxygen atoms in total. The summed E-state index contributed by atoms with van der Waals surface area (Å²) in [6.07, 6.45) is 1.32. The van der Waals surface area contributed by atoms with E-state index < -0.39 is 15.9 Å². The van der Waals surface area contributed by atoms with Crippen LogP contribution < -0.4 is 0 Å². The van der Waals surface area contributed by atoms with Crippen LogP contribution in [0.1, 0.15) is 19.8 Å². The van der Waals surface area contributed by atoms with Crippen LogP contribution in [0.15, 0.2) is 0 Å². The first-order valence-electron chi connectivity index (χ1n) is 4.25. The zero-order valence-corrected chi connectivity index (χ0v) is 9.17. The Hall–Kier alpha value is -0.130. The standard InChI is InChI=1S/C8H18O4S/c1-7(12-2)8(9)5-4-6-13(3,10)11/h7-9H,4-6H2,1-3H3. The molecule has 2 unspecified atom stereocenters. The van der Waals surface area contributed by atoms with Crippen molar-refractivity contribution in [2.75, 3.05) is 19.1 Å². The number of methoxy groups -OCH3 is 1. The maximum Gasteiger partial charge on any atom is 0.147 e. The van der Waals surface area contributed by atoms with Gasteiger partial charge in [-0.25, -0.2) is 8.42 Å². The fourth-order valence-corrected chi connectivity index (χ4v) is 1.64. The number of aliphatic hydroxyl groups excluding tert-OH is 1. The lowest BCUT2D eigenvalue weighted by Gasteiger charge is -2.16. The van der Waals surface area contributed by atoms with Crippen molar-refractivity contribution in [3.8, 4) is 0 Å². The van der Waals surface area contributed by atoms with Crippen LogP contribution in [0.2, 0.25) is 0 Å². The number of hydrogen-bond acceptors (Lipinski definition) is 4. The van der Waals surface area contributed by atoms with Crippen molar-refractivity contribution in [3.63, 3.8) is 0 Å². The Bertz CT molecular complexity index is 222. The van der Waals surface area contributed by atoms with Crippen molar-refractivity contribution in [3.05, 3.63) is 0 Å². The second kappa shape index (κ2) is 5.57. The van der Waals surface area contributed by atoms with Gasteiger partial charge < -0.3 is 9.84 Å². The van der Waals surface area contributed by atoms with E-state index in [1.807, 2.05) is 0 Å². The van der Waals surface area contributed by atoms with Gasteiger partial charge in [-0.15, -0.1) is 0 Å². The molecule has 5 heteroatoms. The fraction of sp³-hybridized carbons (Fsp3) is 1.00. The zero-order valence-electron chi connectivity index (χ0n) is 8.36. The zero-order chi connectivity index (χ0) is 10.5. The smallest absolute Gasteiger partial charge is 0.147 e. The summed E-state index contributed by atoms with van der Waals surface area (Å²) in [4.78, 5) is 0. The van der Waals surface area contributed by atoms with Gasteiger partial charge in [-0.1, -0.05) is 0 Å². The minimum atomic E-state index is -2.90. The molecule has 80 valence electrons. The first-order chi connectivity index (χ1) is 5.87. The monoisotopic (exact) mass is 210 g/mol. The van der Waals surface area contributed by atoms with Crippen LogP contribution in [0.3, 0.4) is 0 Å². The maximum atomic E-state index is 10.7. The van der Waals surface area contributed by atoms with Gasteiger partial charge in [0, 0.05) is 19.1 Å². The molecular formula is C8H18O4S. The van der Waals surface area contributed by atoms with Crippen molar-refractivity contribution >= 4 is 9.84 Å². The molecule has 1 N–H and O–H groups in total. The van der Waals surface area contributed by atoms with Gasteiger partial charge in [-0.2, -0.15) is 0 Å². The SMILES string of the molecule is COC(C)C(O)CCCS(C)(=O)=O. The molecule has 0 amide bonds. The molecule has 0 bridgehead atoms. The minimum absolute atomic E-state index is 0.125. The third-order valence-corrected chi connectivity index (χ3v) is 2.96. The fourth-order valence-electron chi connectivity index (χ4n) is 0.946. The van der Waals surface area contributed by atoms with E-state index in [-0.39, 0.29) is 11.9 Å². The van der Waals surface area contributed by atoms with Gasteiger partial charge >= 0.3 is 0 Å². The summed E-state index contributed by atoms with van der Waals surface area (Å²) in [7, 11) is -1.39. The van der Waals surface area contributed by atoms with E-state index in [2.05, 4.69) is 0 Å². The van der Waals surface area contributed by atoms with Crippen LogP contribution in [-0.2, 0) is 14.6 Å². The van der Waals surface area contributed by atoms with Crippen LogP contribution in [0.5, 0.6) is 0 Å². The molecule has 0 aliphatic heterocycles. The van der Waals surface area contributed by atoms with E-state index in [4.69, 9.17) is 4.74 Å². The van der Waals surface area contributed by atoms with Crippen molar-refractivity contribution in [1.29, 1.82) is 0 Å². The predicted octanol–water partition coefficient (Wildman–Crippen LogP) is 0.207. The quantitative estimate of drug-likeness (QED) is 0.680. The lowest BCUT2D eigenvalue weighted by Crippen LogP contribution is -2.25. The molecule has 0 aromatic carbocycles. The van der Waals surface area contributed by atoms with E-state index in [1.165, 1.54) is 13.4 Å². The summed E-state index contributed by atoms with van der Waals surface area (Å²) in [6, 6.07) is 0. The van der Waals surface area contributed by atoms with E-state index in [0.717, 1.165) is 0 Å². The van der Waals surface area contributed by atoms with Gasteiger partial charge in [0.05, 0.1) is 12.2 Å². The Morgan fingerprint density at radius 3 is 2.38 bits per heavy atom. The highest BCUT2D eigenvalue weighted by Gasteiger charge is 2.13. The largest absolute Gasteiger partial charge is 0.390 e. The van der Waals surface area contributed by atoms with E-state index in [0.29, 0.717) is 12.8 Å². The molecule has 0 aliphatic carbocycles. The highest BCUT2D eigenvalue weighted by Crippen LogP contribution is 2.05. The molecule has 0 heterocycles. The summed E-state index contributed by atoms with van der Waals surface area (Å²) in [5.74, 6) is 0.125. The van der Waals surface area contributed by atoms with Gasteiger partial charge in [0.15, 0.2) is 0 Å². The Balaban J connectivity index is 3.65. The van der Waals surface area contributed by atoms with Gasteiger partial charge in [-0.3, -0.25) is 0 Å². The van der Waals surface area contributed by atoms with Gasteiger partial charge in [0.25, 0.3) is 0 Å². The molecule has 0 rings (SSSR count). The molecule has 2 atom stereocenters. The summed E-state index contributed by atoms with van der Waals surface area (Å²) in [5, 5.41) is 9.39. The third kappa shape index (κ3) is 6.98. The Morgan fingerprint density at radius 1 is 1.46 bits per heavy atom. The first-order valence-corrected chi connectivity index (χ1v) is 6.31. The van der Waals surface area contributed by atoms with Crippen LogP contribution in [0, 0.1) is 0 Å². The number of aliphatic hydroxyl groups is 1.